The molecule has 0 amide bonds. The number of nitrogens with one attached hydrogen (secondary N) is 1. The molecule has 0 bridgehead atoms. The monoisotopic (exact) mass is 209 g/mol. The Labute approximate surface area is 89.4 Å². The van der Waals surface area contributed by atoms with Crippen LogP contribution in [0, 0.1) is 5.82 Å². The Hall–Kier alpha value is -0.930. The summed E-state index contributed by atoms with van der Waals surface area (Å²) in [6.45, 7) is 2.29. The van der Waals surface area contributed by atoms with E-state index < -0.39 is 0 Å². The number of ether oxygens (including phenoxy) is 1. The van der Waals surface area contributed by atoms with Gasteiger partial charge in [0.2, 0.25) is 0 Å². The molecule has 1 N–H and O–H groups in total. The SMILES string of the molecule is COCCC1CNCc2c(F)cccc21. The third kappa shape index (κ3) is 2.19. The Morgan fingerprint density at radius 3 is 3.20 bits per heavy atom. The Balaban J connectivity index is 2.22. The van der Waals surface area contributed by atoms with Crippen molar-refractivity contribution < 1.29 is 9.13 Å². The molecule has 1 aromatic carbocycles. The molecule has 1 atom stereocenters. The van der Waals surface area contributed by atoms with E-state index in [4.69, 9.17) is 4.74 Å². The van der Waals surface area contributed by atoms with Crippen LogP contribution in [-0.2, 0) is 11.3 Å². The first-order valence-electron chi connectivity index (χ1n) is 5.30. The van der Waals surface area contributed by atoms with Gasteiger partial charge in [0.15, 0.2) is 0 Å². The van der Waals surface area contributed by atoms with Crippen LogP contribution in [0.5, 0.6) is 0 Å². The van der Waals surface area contributed by atoms with Crippen LogP contribution >= 0.6 is 0 Å². The molecule has 2 nitrogen and oxygen atoms in total. The molecule has 0 aliphatic carbocycles. The molecule has 3 heteroatoms. The minimum absolute atomic E-state index is 0.0953. The summed E-state index contributed by atoms with van der Waals surface area (Å²) in [5.41, 5.74) is 1.97. The number of rotatable bonds is 3. The Morgan fingerprint density at radius 1 is 1.53 bits per heavy atom. The van der Waals surface area contributed by atoms with Crippen molar-refractivity contribution in [3.8, 4) is 0 Å². The van der Waals surface area contributed by atoms with Crippen LogP contribution in [0.4, 0.5) is 4.39 Å². The lowest BCUT2D eigenvalue weighted by Crippen LogP contribution is -2.29. The fraction of sp³-hybridized carbons (Fsp3) is 0.500. The van der Waals surface area contributed by atoms with Gasteiger partial charge in [-0.3, -0.25) is 0 Å². The highest BCUT2D eigenvalue weighted by Crippen LogP contribution is 2.28. The lowest BCUT2D eigenvalue weighted by Gasteiger charge is -2.26. The van der Waals surface area contributed by atoms with Crippen LogP contribution in [0.2, 0.25) is 0 Å². The van der Waals surface area contributed by atoms with E-state index in [0.29, 0.717) is 12.5 Å². The maximum atomic E-state index is 13.5. The van der Waals surface area contributed by atoms with Gasteiger partial charge in [0, 0.05) is 32.4 Å². The van der Waals surface area contributed by atoms with E-state index in [1.54, 1.807) is 13.2 Å². The predicted octanol–water partition coefficient (Wildman–Crippen LogP) is 2.05. The molecule has 0 radical (unpaired) electrons. The lowest BCUT2D eigenvalue weighted by atomic mass is 9.88. The van der Waals surface area contributed by atoms with Gasteiger partial charge in [-0.2, -0.15) is 0 Å². The van der Waals surface area contributed by atoms with E-state index in [0.717, 1.165) is 30.7 Å². The highest BCUT2D eigenvalue weighted by molar-refractivity contribution is 5.33. The first-order chi connectivity index (χ1) is 7.33. The standard InChI is InChI=1S/C12H16FNO/c1-15-6-5-9-7-14-8-11-10(9)3-2-4-12(11)13/h2-4,9,14H,5-8H2,1H3. The molecule has 82 valence electrons. The maximum Gasteiger partial charge on any atom is 0.127 e. The number of hydrogen-bond donors (Lipinski definition) is 1. The molecule has 0 fully saturated rings. The molecule has 0 aromatic heterocycles. The summed E-state index contributed by atoms with van der Waals surface area (Å²) < 4.78 is 18.6. The molecule has 1 heterocycles. The van der Waals surface area contributed by atoms with Gasteiger partial charge in [-0.25, -0.2) is 4.39 Å². The Bertz CT molecular complexity index is 340. The van der Waals surface area contributed by atoms with Crippen LogP contribution < -0.4 is 5.32 Å². The van der Waals surface area contributed by atoms with Crippen LogP contribution in [0.15, 0.2) is 18.2 Å². The number of methoxy groups -OCH3 is 1. The zero-order valence-electron chi connectivity index (χ0n) is 8.92. The summed E-state index contributed by atoms with van der Waals surface area (Å²) in [6.07, 6.45) is 0.944. The van der Waals surface area contributed by atoms with E-state index in [9.17, 15) is 4.39 Å². The minimum Gasteiger partial charge on any atom is -0.385 e. The van der Waals surface area contributed by atoms with Crippen LogP contribution in [-0.4, -0.2) is 20.3 Å². The van der Waals surface area contributed by atoms with Crippen molar-refractivity contribution in [2.45, 2.75) is 18.9 Å². The number of fused-ring (bicyclic) bond motifs is 1. The van der Waals surface area contributed by atoms with E-state index >= 15 is 0 Å². The van der Waals surface area contributed by atoms with Gasteiger partial charge >= 0.3 is 0 Å². The van der Waals surface area contributed by atoms with Crippen molar-refractivity contribution >= 4 is 0 Å². The first-order valence-corrected chi connectivity index (χ1v) is 5.30. The second-order valence-electron chi connectivity index (χ2n) is 3.92. The topological polar surface area (TPSA) is 21.3 Å². The molecule has 0 saturated heterocycles. The van der Waals surface area contributed by atoms with Crippen molar-refractivity contribution in [1.29, 1.82) is 0 Å². The fourth-order valence-electron chi connectivity index (χ4n) is 2.14. The minimum atomic E-state index is -0.0953. The fourth-order valence-corrected chi connectivity index (χ4v) is 2.14. The molecular formula is C12H16FNO. The molecule has 0 spiro atoms. The van der Waals surface area contributed by atoms with Crippen LogP contribution in [0.25, 0.3) is 0 Å². The smallest absolute Gasteiger partial charge is 0.127 e. The van der Waals surface area contributed by atoms with Crippen LogP contribution in [0.3, 0.4) is 0 Å². The largest absolute Gasteiger partial charge is 0.385 e. The first kappa shape index (κ1) is 10.6. The van der Waals surface area contributed by atoms with E-state index in [2.05, 4.69) is 5.32 Å². The molecule has 1 unspecified atom stereocenters. The molecular weight excluding hydrogens is 193 g/mol. The van der Waals surface area contributed by atoms with Crippen molar-refractivity contribution in [3.63, 3.8) is 0 Å². The molecule has 1 aliphatic rings. The summed E-state index contributed by atoms with van der Waals surface area (Å²) in [5, 5.41) is 3.25. The Morgan fingerprint density at radius 2 is 2.40 bits per heavy atom. The van der Waals surface area contributed by atoms with E-state index in [-0.39, 0.29) is 5.82 Å². The number of halogens is 1. The van der Waals surface area contributed by atoms with Gasteiger partial charge in [0.25, 0.3) is 0 Å². The van der Waals surface area contributed by atoms with Crippen molar-refractivity contribution in [3.05, 3.63) is 35.1 Å². The van der Waals surface area contributed by atoms with Gasteiger partial charge in [-0.15, -0.1) is 0 Å². The highest BCUT2D eigenvalue weighted by Gasteiger charge is 2.21. The lowest BCUT2D eigenvalue weighted by molar-refractivity contribution is 0.186. The Kier molecular flexibility index (Phi) is 3.34. The third-order valence-corrected chi connectivity index (χ3v) is 2.96. The van der Waals surface area contributed by atoms with Gasteiger partial charge in [0.1, 0.15) is 5.82 Å². The highest BCUT2D eigenvalue weighted by atomic mass is 19.1. The summed E-state index contributed by atoms with van der Waals surface area (Å²) >= 11 is 0. The molecule has 15 heavy (non-hydrogen) atoms. The van der Waals surface area contributed by atoms with Gasteiger partial charge in [-0.1, -0.05) is 12.1 Å². The molecule has 0 saturated carbocycles. The van der Waals surface area contributed by atoms with Crippen molar-refractivity contribution in [2.75, 3.05) is 20.3 Å². The molecule has 1 aromatic rings. The maximum absolute atomic E-state index is 13.5. The van der Waals surface area contributed by atoms with Crippen LogP contribution in [0.1, 0.15) is 23.5 Å². The van der Waals surface area contributed by atoms with Crippen molar-refractivity contribution in [2.24, 2.45) is 0 Å². The zero-order chi connectivity index (χ0) is 10.7. The van der Waals surface area contributed by atoms with Gasteiger partial charge < -0.3 is 10.1 Å². The number of benzene rings is 1. The second kappa shape index (κ2) is 4.73. The second-order valence-corrected chi connectivity index (χ2v) is 3.92. The normalized spacial score (nSPS) is 20.0. The molecule has 2 rings (SSSR count). The van der Waals surface area contributed by atoms with E-state index in [1.165, 1.54) is 6.07 Å². The summed E-state index contributed by atoms with van der Waals surface area (Å²) in [6, 6.07) is 5.35. The van der Waals surface area contributed by atoms with Gasteiger partial charge in [-0.05, 0) is 24.0 Å². The van der Waals surface area contributed by atoms with Gasteiger partial charge in [0.05, 0.1) is 0 Å². The zero-order valence-corrected chi connectivity index (χ0v) is 8.92. The predicted molar refractivity (Wildman–Crippen MR) is 57.3 cm³/mol. The quantitative estimate of drug-likeness (QED) is 0.822. The summed E-state index contributed by atoms with van der Waals surface area (Å²) in [7, 11) is 1.70. The summed E-state index contributed by atoms with van der Waals surface area (Å²) in [5.74, 6) is 0.284. The van der Waals surface area contributed by atoms with Crippen molar-refractivity contribution in [1.82, 2.24) is 5.32 Å². The number of hydrogen-bond acceptors (Lipinski definition) is 2. The average Bonchev–Trinajstić information content (AvgIpc) is 2.27. The summed E-state index contributed by atoms with van der Waals surface area (Å²) in [4.78, 5) is 0. The average molecular weight is 209 g/mol. The molecule has 1 aliphatic heterocycles. The third-order valence-electron chi connectivity index (χ3n) is 2.96. The van der Waals surface area contributed by atoms with E-state index in [1.807, 2.05) is 6.07 Å².